The molecule has 0 aliphatic rings. The lowest BCUT2D eigenvalue weighted by atomic mass is 10.0. The van der Waals surface area contributed by atoms with Crippen molar-refractivity contribution in [1.82, 2.24) is 24.5 Å². The molecule has 0 fully saturated rings. The van der Waals surface area contributed by atoms with Crippen LogP contribution in [0.4, 0.5) is 18.9 Å². The third-order valence-electron chi connectivity index (χ3n) is 5.26. The summed E-state index contributed by atoms with van der Waals surface area (Å²) in [6.45, 7) is 0.231. The second-order valence-electron chi connectivity index (χ2n) is 7.80. The molecule has 4 aromatic heterocycles. The van der Waals surface area contributed by atoms with E-state index in [2.05, 4.69) is 36.4 Å². The van der Waals surface area contributed by atoms with E-state index in [1.165, 1.54) is 10.7 Å². The first-order chi connectivity index (χ1) is 17.6. The maximum Gasteiger partial charge on any atom is 0.433 e. The second-order valence-corrected chi connectivity index (χ2v) is 9.72. The number of nitrogens with two attached hydrogens (primary N) is 1. The third-order valence-corrected chi connectivity index (χ3v) is 6.77. The molecule has 14 heteroatoms. The molecule has 0 saturated heterocycles. The molecule has 0 unspecified atom stereocenters. The zero-order valence-electron chi connectivity index (χ0n) is 18.5. The first-order valence-electron chi connectivity index (χ1n) is 10.5. The predicted molar refractivity (Wildman–Crippen MR) is 134 cm³/mol. The Bertz CT molecular complexity index is 1640. The predicted octanol–water partition coefficient (Wildman–Crippen LogP) is 4.99. The van der Waals surface area contributed by atoms with Gasteiger partial charge in [-0.25, -0.2) is 9.67 Å². The highest BCUT2D eigenvalue weighted by Gasteiger charge is 2.35. The summed E-state index contributed by atoms with van der Waals surface area (Å²) in [5.74, 6) is -1.60. The van der Waals surface area contributed by atoms with Crippen molar-refractivity contribution in [3.8, 4) is 11.1 Å². The summed E-state index contributed by atoms with van der Waals surface area (Å²) in [4.78, 5) is 28.9. The Morgan fingerprint density at radius 2 is 1.89 bits per heavy atom. The molecule has 0 atom stereocenters. The van der Waals surface area contributed by atoms with E-state index in [9.17, 15) is 22.8 Å². The molecule has 4 heterocycles. The summed E-state index contributed by atoms with van der Waals surface area (Å²) in [6, 6.07) is 10.6. The Morgan fingerprint density at radius 1 is 1.14 bits per heavy atom. The van der Waals surface area contributed by atoms with Crippen molar-refractivity contribution in [2.24, 2.45) is 5.73 Å². The average molecular weight is 590 g/mol. The molecular formula is C23H15BrF3N7O2S. The topological polar surface area (TPSA) is 121 Å². The van der Waals surface area contributed by atoms with Crippen molar-refractivity contribution >= 4 is 55.0 Å². The van der Waals surface area contributed by atoms with Crippen LogP contribution in [-0.4, -0.2) is 36.4 Å². The van der Waals surface area contributed by atoms with Gasteiger partial charge in [0.25, 0.3) is 11.8 Å². The van der Waals surface area contributed by atoms with Gasteiger partial charge in [0.1, 0.15) is 22.1 Å². The summed E-state index contributed by atoms with van der Waals surface area (Å²) in [5.41, 5.74) is 4.99. The first-order valence-corrected chi connectivity index (χ1v) is 12.1. The lowest BCUT2D eigenvalue weighted by Crippen LogP contribution is -2.18. The van der Waals surface area contributed by atoms with Gasteiger partial charge in [-0.3, -0.25) is 14.3 Å². The van der Waals surface area contributed by atoms with E-state index in [0.29, 0.717) is 16.9 Å². The van der Waals surface area contributed by atoms with E-state index in [-0.39, 0.29) is 38.7 Å². The number of nitrogens with zero attached hydrogens (tertiary/aromatic N) is 5. The van der Waals surface area contributed by atoms with Crippen LogP contribution >= 0.6 is 27.3 Å². The van der Waals surface area contributed by atoms with E-state index in [1.54, 1.807) is 53.6 Å². The molecule has 37 heavy (non-hydrogen) atoms. The molecule has 1 aromatic carbocycles. The summed E-state index contributed by atoms with van der Waals surface area (Å²) in [7, 11) is 0. The number of pyridine rings is 1. The number of amides is 2. The van der Waals surface area contributed by atoms with E-state index in [4.69, 9.17) is 5.73 Å². The van der Waals surface area contributed by atoms with Gasteiger partial charge in [0, 0.05) is 17.8 Å². The molecule has 0 aliphatic heterocycles. The number of alkyl halides is 3. The number of primary amides is 1. The molecule has 0 saturated carbocycles. The Morgan fingerprint density at radius 3 is 2.54 bits per heavy atom. The Labute approximate surface area is 218 Å². The van der Waals surface area contributed by atoms with Crippen LogP contribution in [-0.2, 0) is 12.8 Å². The van der Waals surface area contributed by atoms with Gasteiger partial charge in [-0.15, -0.1) is 11.3 Å². The zero-order valence-corrected chi connectivity index (χ0v) is 20.9. The number of nitrogens with one attached hydrogen (secondary N) is 1. The quantitative estimate of drug-likeness (QED) is 0.289. The molecule has 5 rings (SSSR count). The lowest BCUT2D eigenvalue weighted by molar-refractivity contribution is -0.140. The van der Waals surface area contributed by atoms with Gasteiger partial charge in [0.2, 0.25) is 0 Å². The largest absolute Gasteiger partial charge is 0.433 e. The van der Waals surface area contributed by atoms with Gasteiger partial charge in [-0.05, 0) is 39.2 Å². The van der Waals surface area contributed by atoms with Gasteiger partial charge in [0.05, 0.1) is 16.4 Å². The van der Waals surface area contributed by atoms with Crippen molar-refractivity contribution in [2.75, 3.05) is 5.32 Å². The number of carbonyl (C=O) groups is 2. The van der Waals surface area contributed by atoms with Crippen LogP contribution in [0.1, 0.15) is 25.9 Å². The maximum absolute atomic E-state index is 13.6. The van der Waals surface area contributed by atoms with Gasteiger partial charge >= 0.3 is 6.18 Å². The second kappa shape index (κ2) is 9.44. The number of rotatable bonds is 6. The molecule has 5 aromatic rings. The van der Waals surface area contributed by atoms with Crippen molar-refractivity contribution in [1.29, 1.82) is 0 Å². The molecule has 188 valence electrons. The third kappa shape index (κ3) is 4.97. The lowest BCUT2D eigenvalue weighted by Gasteiger charge is -2.12. The summed E-state index contributed by atoms with van der Waals surface area (Å²) in [5, 5.41) is 11.2. The molecule has 0 bridgehead atoms. The first kappa shape index (κ1) is 24.6. The van der Waals surface area contributed by atoms with Gasteiger partial charge in [-0.2, -0.15) is 23.4 Å². The number of hydrogen-bond acceptors (Lipinski definition) is 6. The minimum atomic E-state index is -4.73. The molecular weight excluding hydrogens is 575 g/mol. The summed E-state index contributed by atoms with van der Waals surface area (Å²) < 4.78 is 44.7. The van der Waals surface area contributed by atoms with Crippen LogP contribution in [0.2, 0.25) is 0 Å². The van der Waals surface area contributed by atoms with Gasteiger partial charge in [-0.1, -0.05) is 30.3 Å². The smallest absolute Gasteiger partial charge is 0.365 e. The number of anilines is 1. The summed E-state index contributed by atoms with van der Waals surface area (Å²) in [6.07, 6.45) is 0.171. The standard InChI is InChI=1S/C23H15BrF3N7O2S/c24-13-9-29-34(10-13)11-33-7-6-15(32-33)21(36)31-18-17-14(12-4-2-1-3-5-12)8-16(23(25,26)27)30-22(17)37-19(18)20(28)35/h1-10H,11H2,(H2,28,35)(H,31,36). The number of aromatic nitrogens is 5. The normalized spacial score (nSPS) is 11.7. The van der Waals surface area contributed by atoms with Crippen molar-refractivity contribution < 1.29 is 22.8 Å². The summed E-state index contributed by atoms with van der Waals surface area (Å²) >= 11 is 3.98. The van der Waals surface area contributed by atoms with Crippen molar-refractivity contribution in [2.45, 2.75) is 12.8 Å². The molecule has 2 amide bonds. The fourth-order valence-corrected chi connectivity index (χ4v) is 5.02. The Hall–Kier alpha value is -4.04. The van der Waals surface area contributed by atoms with E-state index in [0.717, 1.165) is 10.5 Å². The molecule has 3 N–H and O–H groups in total. The zero-order chi connectivity index (χ0) is 26.3. The molecule has 9 nitrogen and oxygen atoms in total. The van der Waals surface area contributed by atoms with E-state index in [1.807, 2.05) is 0 Å². The highest BCUT2D eigenvalue weighted by Crippen LogP contribution is 2.43. The minimum Gasteiger partial charge on any atom is -0.365 e. The van der Waals surface area contributed by atoms with E-state index < -0.39 is 23.7 Å². The van der Waals surface area contributed by atoms with Crippen LogP contribution in [0.3, 0.4) is 0 Å². The number of hydrogen-bond donors (Lipinski definition) is 2. The number of thiophene rings is 1. The van der Waals surface area contributed by atoms with Gasteiger partial charge < -0.3 is 11.1 Å². The fraction of sp³-hybridized carbons (Fsp3) is 0.0870. The average Bonchev–Trinajstić information content (AvgIpc) is 3.58. The number of benzene rings is 1. The minimum absolute atomic E-state index is 0.0159. The fourth-order valence-electron chi connectivity index (χ4n) is 3.68. The molecule has 0 spiro atoms. The SMILES string of the molecule is NC(=O)c1sc2nc(C(F)(F)F)cc(-c3ccccc3)c2c1NC(=O)c1ccn(Cn2cc(Br)cn2)n1. The molecule has 0 aliphatic carbocycles. The van der Waals surface area contributed by atoms with Crippen molar-refractivity contribution in [3.63, 3.8) is 0 Å². The molecule has 0 radical (unpaired) electrons. The highest BCUT2D eigenvalue weighted by atomic mass is 79.9. The number of carbonyl (C=O) groups excluding carboxylic acids is 2. The van der Waals surface area contributed by atoms with E-state index >= 15 is 0 Å². The number of fused-ring (bicyclic) bond motifs is 1. The number of halogens is 4. The Balaban J connectivity index is 1.58. The van der Waals surface area contributed by atoms with Crippen molar-refractivity contribution in [3.05, 3.63) is 81.8 Å². The van der Waals surface area contributed by atoms with Crippen LogP contribution in [0.25, 0.3) is 21.3 Å². The monoisotopic (exact) mass is 589 g/mol. The maximum atomic E-state index is 13.6. The highest BCUT2D eigenvalue weighted by molar-refractivity contribution is 9.10. The van der Waals surface area contributed by atoms with Crippen LogP contribution < -0.4 is 11.1 Å². The van der Waals surface area contributed by atoms with Crippen LogP contribution in [0, 0.1) is 0 Å². The van der Waals surface area contributed by atoms with Crippen LogP contribution in [0.5, 0.6) is 0 Å². The Kier molecular flexibility index (Phi) is 6.29. The van der Waals surface area contributed by atoms with Gasteiger partial charge in [0.15, 0.2) is 5.69 Å². The van der Waals surface area contributed by atoms with Crippen LogP contribution in [0.15, 0.2) is 65.5 Å².